The quantitative estimate of drug-likeness (QED) is 0.137. The Morgan fingerprint density at radius 2 is 2.05 bits per heavy atom. The van der Waals surface area contributed by atoms with Gasteiger partial charge in [0.15, 0.2) is 16.9 Å². The number of ether oxygens (including phenoxy) is 1. The molecule has 1 aromatic heterocycles. The van der Waals surface area contributed by atoms with Gasteiger partial charge in [-0.2, -0.15) is 13.5 Å². The number of aliphatic carboxylic acids is 1. The number of anilines is 1. The van der Waals surface area contributed by atoms with Crippen LogP contribution in [0, 0.1) is 0 Å². The number of carbonyl (C=O) groups is 3. The lowest BCUT2D eigenvalue weighted by Crippen LogP contribution is -2.76. The third-order valence-corrected chi connectivity index (χ3v) is 7.40. The van der Waals surface area contributed by atoms with E-state index < -0.39 is 57.2 Å². The van der Waals surface area contributed by atoms with Gasteiger partial charge in [0.1, 0.15) is 17.5 Å². The molecule has 1 saturated heterocycles. The average molecular weight is 584 g/mol. The summed E-state index contributed by atoms with van der Waals surface area (Å²) in [6, 6.07) is 5.85. The molecule has 0 saturated carbocycles. The standard InChI is InChI=1S/C22H25N5O10S2/c1-21(2)16(18(29)27(21)37-39(32,33)34)25-17(28)15(12-10-38-20(23)24-12)26-36-22(3,19(30)31)14-9-8-11-6-4-5-7-13(11)35-14/h4-7,10,14,16H,8-9H2,1-3H3,(H2,23,24)(H,25,28)(H,30,31)(H,32,33,34)/b26-15-/t14?,16-,22?/m1/s1. The van der Waals surface area contributed by atoms with E-state index in [4.69, 9.17) is 19.9 Å². The summed E-state index contributed by atoms with van der Waals surface area (Å²) in [5, 5.41) is 18.1. The molecule has 2 aliphatic heterocycles. The zero-order chi connectivity index (χ0) is 28.8. The Hall–Kier alpha value is -3.80. The van der Waals surface area contributed by atoms with Crippen LogP contribution in [0.5, 0.6) is 5.75 Å². The van der Waals surface area contributed by atoms with Crippen LogP contribution in [0.2, 0.25) is 0 Å². The molecular weight excluding hydrogens is 558 g/mol. The van der Waals surface area contributed by atoms with Crippen LogP contribution in [0.4, 0.5) is 5.13 Å². The van der Waals surface area contributed by atoms with E-state index >= 15 is 0 Å². The Labute approximate surface area is 226 Å². The lowest BCUT2D eigenvalue weighted by atomic mass is 9.84. The van der Waals surface area contributed by atoms with Gasteiger partial charge < -0.3 is 25.7 Å². The number of carboxylic acid groups (broad SMARTS) is 1. The van der Waals surface area contributed by atoms with E-state index in [0.717, 1.165) is 16.9 Å². The second-order valence-corrected chi connectivity index (χ2v) is 11.4. The van der Waals surface area contributed by atoms with E-state index in [2.05, 4.69) is 19.7 Å². The van der Waals surface area contributed by atoms with Crippen molar-refractivity contribution in [2.75, 3.05) is 5.73 Å². The predicted octanol–water partition coefficient (Wildman–Crippen LogP) is 0.523. The molecule has 3 atom stereocenters. The Balaban J connectivity index is 1.60. The maximum atomic E-state index is 13.3. The van der Waals surface area contributed by atoms with Gasteiger partial charge in [0.25, 0.3) is 17.4 Å². The van der Waals surface area contributed by atoms with Crippen molar-refractivity contribution in [3.05, 3.63) is 40.9 Å². The van der Waals surface area contributed by atoms with Gasteiger partial charge in [-0.05, 0) is 45.2 Å². The van der Waals surface area contributed by atoms with Crippen LogP contribution >= 0.6 is 11.3 Å². The summed E-state index contributed by atoms with van der Waals surface area (Å²) in [7, 11) is -5.00. The molecule has 210 valence electrons. The fourth-order valence-electron chi connectivity index (χ4n) is 4.11. The molecule has 4 rings (SSSR count). The number of thiazole rings is 1. The SMILES string of the molecule is CC(O/N=C(\C(=O)N[C@@H]1C(=O)N(OS(=O)(=O)O)C1(C)C)c1csc(N)n1)(C(=O)O)C1CCc2ccccc2O1. The van der Waals surface area contributed by atoms with Crippen LogP contribution in [0.15, 0.2) is 34.8 Å². The highest BCUT2D eigenvalue weighted by atomic mass is 32.3. The third-order valence-electron chi connectivity index (χ3n) is 6.38. The number of para-hydroxylation sites is 1. The first-order valence-electron chi connectivity index (χ1n) is 11.4. The Bertz CT molecular complexity index is 1460. The van der Waals surface area contributed by atoms with Gasteiger partial charge in [-0.3, -0.25) is 14.1 Å². The minimum Gasteiger partial charge on any atom is -0.485 e. The topological polar surface area (TPSA) is 220 Å². The van der Waals surface area contributed by atoms with Gasteiger partial charge in [0.05, 0.1) is 5.54 Å². The summed E-state index contributed by atoms with van der Waals surface area (Å²) < 4.78 is 41.2. The van der Waals surface area contributed by atoms with Crippen LogP contribution in [-0.4, -0.2) is 74.9 Å². The molecule has 2 unspecified atom stereocenters. The van der Waals surface area contributed by atoms with E-state index in [1.807, 2.05) is 12.1 Å². The van der Waals surface area contributed by atoms with E-state index in [-0.39, 0.29) is 17.2 Å². The van der Waals surface area contributed by atoms with Crippen molar-refractivity contribution in [3.63, 3.8) is 0 Å². The number of carboxylic acids is 1. The highest BCUT2D eigenvalue weighted by Gasteiger charge is 2.58. The monoisotopic (exact) mass is 583 g/mol. The van der Waals surface area contributed by atoms with E-state index in [0.29, 0.717) is 17.2 Å². The van der Waals surface area contributed by atoms with E-state index in [9.17, 15) is 27.9 Å². The molecule has 3 heterocycles. The third kappa shape index (κ3) is 5.51. The van der Waals surface area contributed by atoms with Crippen LogP contribution in [-0.2, 0) is 40.3 Å². The molecule has 2 aromatic rings. The summed E-state index contributed by atoms with van der Waals surface area (Å²) in [5.41, 5.74) is 2.60. The number of nitrogen functional groups attached to an aromatic ring is 1. The molecule has 1 fully saturated rings. The minimum atomic E-state index is -5.00. The number of fused-ring (bicyclic) bond motifs is 1. The van der Waals surface area contributed by atoms with Gasteiger partial charge in [-0.25, -0.2) is 9.78 Å². The molecule has 0 spiro atoms. The second kappa shape index (κ2) is 10.1. The van der Waals surface area contributed by atoms with Crippen LogP contribution in [0.25, 0.3) is 0 Å². The Morgan fingerprint density at radius 1 is 1.36 bits per heavy atom. The molecule has 39 heavy (non-hydrogen) atoms. The lowest BCUT2D eigenvalue weighted by molar-refractivity contribution is -0.218. The first-order valence-corrected chi connectivity index (χ1v) is 13.7. The average Bonchev–Trinajstić information content (AvgIpc) is 3.30. The largest absolute Gasteiger partial charge is 0.485 e. The minimum absolute atomic E-state index is 0.0618. The van der Waals surface area contributed by atoms with Crippen molar-refractivity contribution in [1.29, 1.82) is 0 Å². The van der Waals surface area contributed by atoms with Gasteiger partial charge in [0, 0.05) is 5.38 Å². The highest BCUT2D eigenvalue weighted by Crippen LogP contribution is 2.35. The maximum absolute atomic E-state index is 13.3. The lowest BCUT2D eigenvalue weighted by Gasteiger charge is -2.50. The van der Waals surface area contributed by atoms with Gasteiger partial charge in [-0.1, -0.05) is 23.4 Å². The van der Waals surface area contributed by atoms with Crippen LogP contribution in [0.3, 0.4) is 0 Å². The van der Waals surface area contributed by atoms with Gasteiger partial charge in [-0.15, -0.1) is 15.6 Å². The summed E-state index contributed by atoms with van der Waals surface area (Å²) in [6.07, 6.45) is -0.167. The van der Waals surface area contributed by atoms with Crippen molar-refractivity contribution in [2.24, 2.45) is 5.16 Å². The molecule has 2 amide bonds. The zero-order valence-corrected chi connectivity index (χ0v) is 22.5. The number of hydrogen-bond acceptors (Lipinski definition) is 12. The number of nitrogens with one attached hydrogen (secondary N) is 1. The normalized spacial score (nSPS) is 22.1. The van der Waals surface area contributed by atoms with Crippen LogP contribution in [0.1, 0.15) is 38.4 Å². The molecule has 17 heteroatoms. The summed E-state index contributed by atoms with van der Waals surface area (Å²) in [5.74, 6) is -2.88. The van der Waals surface area contributed by atoms with Crippen molar-refractivity contribution in [1.82, 2.24) is 15.4 Å². The van der Waals surface area contributed by atoms with Crippen LogP contribution < -0.4 is 15.8 Å². The molecule has 0 aliphatic carbocycles. The predicted molar refractivity (Wildman–Crippen MR) is 135 cm³/mol. The summed E-state index contributed by atoms with van der Waals surface area (Å²) in [6.45, 7) is 4.00. The fraction of sp³-hybridized carbons (Fsp3) is 0.409. The zero-order valence-electron chi connectivity index (χ0n) is 20.9. The number of β-lactam (4-membered cyclic amide) rings is 1. The number of carbonyl (C=O) groups excluding carboxylic acids is 2. The highest BCUT2D eigenvalue weighted by molar-refractivity contribution is 7.80. The second-order valence-electron chi connectivity index (χ2n) is 9.46. The first-order chi connectivity index (χ1) is 18.1. The molecule has 15 nitrogen and oxygen atoms in total. The Morgan fingerprint density at radius 3 is 2.64 bits per heavy atom. The van der Waals surface area contributed by atoms with Crippen molar-refractivity contribution < 1.29 is 46.3 Å². The number of nitrogens with zero attached hydrogens (tertiary/aromatic N) is 3. The number of aromatic nitrogens is 1. The molecule has 2 aliphatic rings. The van der Waals surface area contributed by atoms with E-state index in [1.54, 1.807) is 12.1 Å². The molecule has 1 aromatic carbocycles. The number of benzene rings is 1. The van der Waals surface area contributed by atoms with Gasteiger partial charge >= 0.3 is 16.4 Å². The van der Waals surface area contributed by atoms with Crippen molar-refractivity contribution in [3.8, 4) is 5.75 Å². The first kappa shape index (κ1) is 28.2. The number of hydrogen-bond donors (Lipinski definition) is 4. The molecule has 0 radical (unpaired) electrons. The molecule has 0 bridgehead atoms. The number of aryl methyl sites for hydroxylation is 1. The number of hydroxylamine groups is 2. The smallest absolute Gasteiger partial charge is 0.418 e. The van der Waals surface area contributed by atoms with Gasteiger partial charge in [0.2, 0.25) is 0 Å². The molecule has 5 N–H and O–H groups in total. The summed E-state index contributed by atoms with van der Waals surface area (Å²) in [4.78, 5) is 47.5. The number of oxime groups is 1. The Kier molecular flexibility index (Phi) is 7.28. The van der Waals surface area contributed by atoms with E-state index in [1.165, 1.54) is 26.2 Å². The van der Waals surface area contributed by atoms with Crippen molar-refractivity contribution in [2.45, 2.75) is 56.9 Å². The number of amides is 2. The maximum Gasteiger partial charge on any atom is 0.418 e. The summed E-state index contributed by atoms with van der Waals surface area (Å²) >= 11 is 0.975. The molecular formula is C22H25N5O10S2. The number of nitrogens with two attached hydrogens (primary N) is 1. The number of rotatable bonds is 9. The fourth-order valence-corrected chi connectivity index (χ4v) is 5.11. The van der Waals surface area contributed by atoms with Crippen molar-refractivity contribution >= 4 is 50.4 Å².